The monoisotopic (exact) mass is 317 g/mol. The molecule has 0 saturated carbocycles. The van der Waals surface area contributed by atoms with E-state index in [-0.39, 0.29) is 12.1 Å². The lowest BCUT2D eigenvalue weighted by Crippen LogP contribution is -2.22. The van der Waals surface area contributed by atoms with E-state index < -0.39 is 24.3 Å². The van der Waals surface area contributed by atoms with E-state index in [0.717, 1.165) is 5.56 Å². The first-order valence-corrected chi connectivity index (χ1v) is 6.91. The second-order valence-corrected chi connectivity index (χ2v) is 4.71. The number of amides is 1. The van der Waals surface area contributed by atoms with Crippen LogP contribution in [0.3, 0.4) is 0 Å². The van der Waals surface area contributed by atoms with Crippen LogP contribution in [0.2, 0.25) is 0 Å². The molecule has 6 heteroatoms. The van der Waals surface area contributed by atoms with Gasteiger partial charge in [-0.25, -0.2) is 4.39 Å². The van der Waals surface area contributed by atoms with Crippen molar-refractivity contribution in [3.8, 4) is 5.75 Å². The molecule has 0 aromatic heterocycles. The van der Waals surface area contributed by atoms with E-state index in [1.54, 1.807) is 37.4 Å². The Morgan fingerprint density at radius 3 is 2.43 bits per heavy atom. The Labute approximate surface area is 133 Å². The number of nitrogens with one attached hydrogen (secondary N) is 1. The maximum Gasteiger partial charge on any atom is 0.310 e. The number of para-hydroxylation sites is 1. The normalized spacial score (nSPS) is 10.0. The zero-order valence-electron chi connectivity index (χ0n) is 12.5. The lowest BCUT2D eigenvalue weighted by atomic mass is 10.1. The molecule has 0 unspecified atom stereocenters. The van der Waals surface area contributed by atoms with Crippen molar-refractivity contribution < 1.29 is 23.5 Å². The van der Waals surface area contributed by atoms with Crippen LogP contribution in [0.5, 0.6) is 5.75 Å². The molecule has 0 saturated heterocycles. The molecule has 0 aliphatic heterocycles. The Morgan fingerprint density at radius 1 is 1.09 bits per heavy atom. The quantitative estimate of drug-likeness (QED) is 0.832. The molecule has 23 heavy (non-hydrogen) atoms. The van der Waals surface area contributed by atoms with Gasteiger partial charge in [0.2, 0.25) is 0 Å². The van der Waals surface area contributed by atoms with Gasteiger partial charge >= 0.3 is 5.97 Å². The van der Waals surface area contributed by atoms with Crippen molar-refractivity contribution in [3.05, 3.63) is 59.9 Å². The molecular formula is C17H16FNO4. The predicted octanol–water partition coefficient (Wildman–Crippen LogP) is 2.56. The van der Waals surface area contributed by atoms with Crippen molar-refractivity contribution in [3.63, 3.8) is 0 Å². The van der Waals surface area contributed by atoms with E-state index in [2.05, 4.69) is 5.32 Å². The molecule has 1 amide bonds. The fourth-order valence-electron chi connectivity index (χ4n) is 1.86. The highest BCUT2D eigenvalue weighted by Gasteiger charge is 2.10. The molecular weight excluding hydrogens is 301 g/mol. The minimum Gasteiger partial charge on any atom is -0.497 e. The molecule has 0 radical (unpaired) electrons. The summed E-state index contributed by atoms with van der Waals surface area (Å²) in [6, 6.07) is 12.7. The number of anilines is 1. The van der Waals surface area contributed by atoms with Gasteiger partial charge in [-0.3, -0.25) is 9.59 Å². The standard InChI is InChI=1S/C17H16FNO4/c1-22-13-8-6-12(7-9-13)10-17(21)23-11-16(20)19-15-5-3-2-4-14(15)18/h2-9H,10-11H2,1H3,(H,19,20). The first-order valence-electron chi connectivity index (χ1n) is 6.91. The largest absolute Gasteiger partial charge is 0.497 e. The minimum atomic E-state index is -0.599. The summed E-state index contributed by atoms with van der Waals surface area (Å²) < 4.78 is 23.3. The number of hydrogen-bond donors (Lipinski definition) is 1. The van der Waals surface area contributed by atoms with Crippen LogP contribution in [0.15, 0.2) is 48.5 Å². The number of benzene rings is 2. The Balaban J connectivity index is 1.79. The number of ether oxygens (including phenoxy) is 2. The zero-order chi connectivity index (χ0) is 16.7. The van der Waals surface area contributed by atoms with Crippen molar-refractivity contribution in [2.24, 2.45) is 0 Å². The number of hydrogen-bond acceptors (Lipinski definition) is 4. The van der Waals surface area contributed by atoms with Gasteiger partial charge < -0.3 is 14.8 Å². The fourth-order valence-corrected chi connectivity index (χ4v) is 1.86. The number of halogens is 1. The lowest BCUT2D eigenvalue weighted by molar-refractivity contribution is -0.146. The molecule has 0 aliphatic carbocycles. The van der Waals surface area contributed by atoms with Crippen molar-refractivity contribution in [2.45, 2.75) is 6.42 Å². The van der Waals surface area contributed by atoms with Crippen molar-refractivity contribution in [1.82, 2.24) is 0 Å². The predicted molar refractivity (Wildman–Crippen MR) is 82.7 cm³/mol. The number of methoxy groups -OCH3 is 1. The van der Waals surface area contributed by atoms with Crippen molar-refractivity contribution >= 4 is 17.6 Å². The average Bonchev–Trinajstić information content (AvgIpc) is 2.56. The first-order chi connectivity index (χ1) is 11.1. The van der Waals surface area contributed by atoms with Crippen LogP contribution < -0.4 is 10.1 Å². The molecule has 5 nitrogen and oxygen atoms in total. The summed E-state index contributed by atoms with van der Waals surface area (Å²) in [7, 11) is 1.55. The zero-order valence-corrected chi connectivity index (χ0v) is 12.5. The molecule has 2 aromatic rings. The second-order valence-electron chi connectivity index (χ2n) is 4.71. The van der Waals surface area contributed by atoms with Gasteiger partial charge in [0, 0.05) is 0 Å². The van der Waals surface area contributed by atoms with E-state index in [1.807, 2.05) is 0 Å². The minimum absolute atomic E-state index is 0.0387. The van der Waals surface area contributed by atoms with Crippen LogP contribution in [-0.4, -0.2) is 25.6 Å². The van der Waals surface area contributed by atoms with Gasteiger partial charge in [-0.1, -0.05) is 24.3 Å². The molecule has 0 heterocycles. The second kappa shape index (κ2) is 7.93. The third-order valence-corrected chi connectivity index (χ3v) is 3.02. The number of esters is 1. The smallest absolute Gasteiger partial charge is 0.310 e. The number of carbonyl (C=O) groups excluding carboxylic acids is 2. The van der Waals surface area contributed by atoms with E-state index in [0.29, 0.717) is 5.75 Å². The molecule has 2 aromatic carbocycles. The summed E-state index contributed by atoms with van der Waals surface area (Å²) in [5, 5.41) is 2.34. The topological polar surface area (TPSA) is 64.6 Å². The average molecular weight is 317 g/mol. The van der Waals surface area contributed by atoms with Gasteiger partial charge in [-0.2, -0.15) is 0 Å². The lowest BCUT2D eigenvalue weighted by Gasteiger charge is -2.07. The molecule has 0 bridgehead atoms. The van der Waals surface area contributed by atoms with E-state index >= 15 is 0 Å². The molecule has 0 atom stereocenters. The van der Waals surface area contributed by atoms with E-state index in [1.165, 1.54) is 18.2 Å². The summed E-state index contributed by atoms with van der Waals surface area (Å²) in [5.41, 5.74) is 0.786. The molecule has 1 N–H and O–H groups in total. The third-order valence-electron chi connectivity index (χ3n) is 3.02. The molecule has 0 aliphatic rings. The van der Waals surface area contributed by atoms with Crippen LogP contribution in [0.4, 0.5) is 10.1 Å². The van der Waals surface area contributed by atoms with Crippen LogP contribution in [-0.2, 0) is 20.7 Å². The summed E-state index contributed by atoms with van der Waals surface area (Å²) in [6.45, 7) is -0.469. The maximum atomic E-state index is 13.4. The Morgan fingerprint density at radius 2 is 1.78 bits per heavy atom. The van der Waals surface area contributed by atoms with Crippen LogP contribution in [0.25, 0.3) is 0 Å². The van der Waals surface area contributed by atoms with Gasteiger partial charge in [-0.15, -0.1) is 0 Å². The molecule has 120 valence electrons. The maximum absolute atomic E-state index is 13.4. The van der Waals surface area contributed by atoms with Crippen molar-refractivity contribution in [2.75, 3.05) is 19.0 Å². The Hall–Kier alpha value is -2.89. The SMILES string of the molecule is COc1ccc(CC(=O)OCC(=O)Nc2ccccc2F)cc1. The molecule has 0 fully saturated rings. The Bertz CT molecular complexity index is 685. The van der Waals surface area contributed by atoms with Crippen LogP contribution in [0.1, 0.15) is 5.56 Å². The van der Waals surface area contributed by atoms with Crippen molar-refractivity contribution in [1.29, 1.82) is 0 Å². The van der Waals surface area contributed by atoms with Gasteiger partial charge in [0.15, 0.2) is 6.61 Å². The third kappa shape index (κ3) is 5.10. The number of rotatable bonds is 6. The van der Waals surface area contributed by atoms with Gasteiger partial charge in [0.1, 0.15) is 11.6 Å². The fraction of sp³-hybridized carbons (Fsp3) is 0.176. The summed E-state index contributed by atoms with van der Waals surface area (Å²) >= 11 is 0. The Kier molecular flexibility index (Phi) is 5.68. The highest BCUT2D eigenvalue weighted by molar-refractivity contribution is 5.93. The highest BCUT2D eigenvalue weighted by Crippen LogP contribution is 2.13. The molecule has 2 rings (SSSR count). The van der Waals surface area contributed by atoms with E-state index in [9.17, 15) is 14.0 Å². The van der Waals surface area contributed by atoms with Gasteiger partial charge in [0.25, 0.3) is 5.91 Å². The number of carbonyl (C=O) groups is 2. The highest BCUT2D eigenvalue weighted by atomic mass is 19.1. The van der Waals surface area contributed by atoms with Crippen LogP contribution >= 0.6 is 0 Å². The summed E-state index contributed by atoms with van der Waals surface area (Å²) in [4.78, 5) is 23.3. The van der Waals surface area contributed by atoms with Gasteiger partial charge in [-0.05, 0) is 29.8 Å². The first kappa shape index (κ1) is 16.5. The molecule has 0 spiro atoms. The summed E-state index contributed by atoms with van der Waals surface area (Å²) in [5.74, 6) is -1.01. The van der Waals surface area contributed by atoms with E-state index in [4.69, 9.17) is 9.47 Å². The summed E-state index contributed by atoms with van der Waals surface area (Å²) in [6.07, 6.45) is 0.0387. The van der Waals surface area contributed by atoms with Crippen LogP contribution in [0, 0.1) is 5.82 Å². The van der Waals surface area contributed by atoms with Gasteiger partial charge in [0.05, 0.1) is 19.2 Å².